The van der Waals surface area contributed by atoms with E-state index in [4.69, 9.17) is 0 Å². The first-order chi connectivity index (χ1) is 34.5. The highest BCUT2D eigenvalue weighted by atomic mass is 31.1. The first-order valence-electron chi connectivity index (χ1n) is 32.2. The Kier molecular flexibility index (Phi) is 24.0. The Hall–Kier alpha value is 2.34. The third-order valence-corrected chi connectivity index (χ3v) is 104. The SMILES string of the molecule is CP(CCP(C)c1c(C([Si](C)(C)C)[Si](C)(C)C)cc(C([Si](C)(C)C)([Si](C)(C)C)[Si](C)(C)C)cc1C([Si](C)(C)C)[Si](C)(C)C)c1c(C([Si](C)(C)C)[Si](C)(C)C)cc(C([Si](C)(C)C)([Si](C)(C)C)[Si](C)(C)C)cc1C([Si](C)(C)C)[Si](C)(C)C. The molecule has 0 N–H and O–H groups in total. The van der Waals surface area contributed by atoms with Crippen LogP contribution in [0.15, 0.2) is 24.3 Å². The largest absolute Gasteiger partial charge is 0.0776 e. The van der Waals surface area contributed by atoms with Crippen LogP contribution in [-0.4, -0.2) is 139 Å². The Morgan fingerprint density at radius 3 is 0.475 bits per heavy atom. The molecule has 0 aliphatic carbocycles. The Morgan fingerprint density at radius 2 is 0.375 bits per heavy atom. The summed E-state index contributed by atoms with van der Waals surface area (Å²) in [5.41, 5.74) is 11.4. The summed E-state index contributed by atoms with van der Waals surface area (Å²) in [6, 6.07) is 12.4. The zero-order valence-electron chi connectivity index (χ0n) is 62.9. The molecule has 0 heterocycles. The monoisotopic (exact) mass is 1370 g/mol. The van der Waals surface area contributed by atoms with Crippen molar-refractivity contribution >= 4 is 139 Å². The Balaban J connectivity index is 3.76. The average Bonchev–Trinajstić information content (AvgIpc) is 3.05. The van der Waals surface area contributed by atoms with Crippen molar-refractivity contribution in [2.75, 3.05) is 25.7 Å². The molecule has 0 aromatic heterocycles. The zero-order chi connectivity index (χ0) is 64.3. The summed E-state index contributed by atoms with van der Waals surface area (Å²) in [6.07, 6.45) is 2.73. The molecular formula is C64H144P2Si14. The topological polar surface area (TPSA) is 0 Å². The maximum absolute atomic E-state index is 3.10. The predicted octanol–water partition coefficient (Wildman–Crippen LogP) is 23.0. The summed E-state index contributed by atoms with van der Waals surface area (Å²) >= 11 is 0. The molecule has 16 heteroatoms. The molecule has 0 bridgehead atoms. The molecule has 0 spiro atoms. The molecule has 2 atom stereocenters. The van der Waals surface area contributed by atoms with Crippen molar-refractivity contribution < 1.29 is 0 Å². The van der Waals surface area contributed by atoms with E-state index in [1.807, 2.05) is 44.0 Å². The minimum Gasteiger partial charge on any atom is -0.0776 e. The van der Waals surface area contributed by atoms with Gasteiger partial charge in [-0.1, -0.05) is 315 Å². The van der Waals surface area contributed by atoms with Crippen LogP contribution in [0.25, 0.3) is 0 Å². The van der Waals surface area contributed by atoms with E-state index in [0.717, 1.165) is 20.7 Å². The first-order valence-corrected chi connectivity index (χ1v) is 85.8. The third-order valence-electron chi connectivity index (χ3n) is 19.7. The van der Waals surface area contributed by atoms with Crippen LogP contribution in [0.3, 0.4) is 0 Å². The second-order valence-electron chi connectivity index (χ2n) is 41.5. The van der Waals surface area contributed by atoms with Crippen LogP contribution in [-0.2, 0) is 8.57 Å². The Morgan fingerprint density at radius 1 is 0.250 bits per heavy atom. The quantitative estimate of drug-likeness (QED) is 0.0687. The highest BCUT2D eigenvalue weighted by molar-refractivity contribution is 7.69. The van der Waals surface area contributed by atoms with E-state index >= 15 is 0 Å². The fourth-order valence-corrected chi connectivity index (χ4v) is 140. The van der Waals surface area contributed by atoms with E-state index in [9.17, 15) is 0 Å². The van der Waals surface area contributed by atoms with Crippen molar-refractivity contribution in [3.63, 3.8) is 0 Å². The predicted molar refractivity (Wildman–Crippen MR) is 429 cm³/mol. The van der Waals surface area contributed by atoms with E-state index in [-0.39, 0.29) is 0 Å². The second-order valence-corrected chi connectivity index (χ2v) is 125. The molecule has 0 saturated carbocycles. The van der Waals surface area contributed by atoms with Crippen LogP contribution < -0.4 is 10.6 Å². The summed E-state index contributed by atoms with van der Waals surface area (Å²) in [6.45, 7) is 123. The molecule has 466 valence electrons. The molecular weight excluding hydrogens is 1220 g/mol. The van der Waals surface area contributed by atoms with E-state index in [1.54, 1.807) is 0 Å². The van der Waals surface area contributed by atoms with Gasteiger partial charge < -0.3 is 0 Å². The van der Waals surface area contributed by atoms with Gasteiger partial charge in [0.1, 0.15) is 0 Å². The average molecular weight is 1370 g/mol. The molecule has 2 rings (SSSR count). The summed E-state index contributed by atoms with van der Waals surface area (Å²) in [5, 5.41) is 6.81. The van der Waals surface area contributed by atoms with E-state index in [1.165, 1.54) is 12.3 Å². The number of hydrogen-bond acceptors (Lipinski definition) is 0. The van der Waals surface area contributed by atoms with Crippen LogP contribution in [0.1, 0.15) is 54.0 Å². The lowest BCUT2D eigenvalue weighted by Gasteiger charge is -2.60. The molecule has 0 radical (unpaired) electrons. The molecule has 0 saturated heterocycles. The zero-order valence-corrected chi connectivity index (χ0v) is 78.7. The van der Waals surface area contributed by atoms with Gasteiger partial charge in [-0.3, -0.25) is 0 Å². The molecule has 80 heavy (non-hydrogen) atoms. The van der Waals surface area contributed by atoms with Crippen LogP contribution in [0, 0.1) is 0 Å². The van der Waals surface area contributed by atoms with Crippen LogP contribution in [0.4, 0.5) is 0 Å². The van der Waals surface area contributed by atoms with Gasteiger partial charge in [-0.05, 0) is 98.9 Å². The van der Waals surface area contributed by atoms with Crippen LogP contribution >= 0.6 is 15.8 Å². The van der Waals surface area contributed by atoms with Gasteiger partial charge in [0.25, 0.3) is 0 Å². The smallest absolute Gasteiger partial charge is 0.0499 e. The fourth-order valence-electron chi connectivity index (χ4n) is 22.4. The van der Waals surface area contributed by atoms with Gasteiger partial charge in [-0.15, -0.1) is 0 Å². The first kappa shape index (κ1) is 78.4. The van der Waals surface area contributed by atoms with Gasteiger partial charge in [0, 0.05) is 113 Å². The minimum atomic E-state index is -1.80. The lowest BCUT2D eigenvalue weighted by Crippen LogP contribution is -2.74. The fraction of sp³-hybridized carbons (Fsp3) is 0.812. The molecule has 0 nitrogen and oxygen atoms in total. The lowest BCUT2D eigenvalue weighted by molar-refractivity contribution is 0.993. The Bertz CT molecular complexity index is 2030. The number of benzene rings is 2. The number of hydrogen-bond donors (Lipinski definition) is 0. The number of rotatable bonds is 25. The minimum absolute atomic E-state index is 0.347. The standard InChI is InChI=1S/C64H144P2Si14/c1-65(57-53(59(67(3,4)5)68(6,7)8)47-51(48-54(57)60(69(9,10)11)70(12,13)14)63(75(27,28)29,76(30,31)32)77(33,34)35)45-46-66(2)58-55(61(71(15,16)17)72(18,19)20)49-52(50-56(58)62(73(21,22)23)74(24,25)26)64(78(36,37)38,79(39,40)41)80(42,43)44/h47-50,59-62H,45-46H2,1-44H3. The van der Waals surface area contributed by atoms with Crippen molar-refractivity contribution in [1.82, 2.24) is 0 Å². The highest BCUT2D eigenvalue weighted by Crippen LogP contribution is 2.57. The van der Waals surface area contributed by atoms with Crippen molar-refractivity contribution in [2.24, 2.45) is 0 Å². The van der Waals surface area contributed by atoms with E-state index in [0.29, 0.717) is 8.57 Å². The van der Waals surface area contributed by atoms with Gasteiger partial charge in [0.2, 0.25) is 0 Å². The highest BCUT2D eigenvalue weighted by Gasteiger charge is 2.63. The maximum Gasteiger partial charge on any atom is 0.0499 e. The molecule has 0 aliphatic rings. The van der Waals surface area contributed by atoms with Gasteiger partial charge >= 0.3 is 0 Å². The summed E-state index contributed by atoms with van der Waals surface area (Å²) in [7, 11) is -25.5. The summed E-state index contributed by atoms with van der Waals surface area (Å²) < 4.78 is 0.694. The summed E-state index contributed by atoms with van der Waals surface area (Å²) in [5.74, 6) is 0. The van der Waals surface area contributed by atoms with Crippen LogP contribution in [0.2, 0.25) is 275 Å². The lowest BCUT2D eigenvalue weighted by atomic mass is 10.1. The maximum atomic E-state index is 3.10. The van der Waals surface area contributed by atoms with E-state index in [2.05, 4.69) is 313 Å². The van der Waals surface area contributed by atoms with Gasteiger partial charge in [-0.25, -0.2) is 0 Å². The van der Waals surface area contributed by atoms with E-state index < -0.39 is 129 Å². The summed E-state index contributed by atoms with van der Waals surface area (Å²) in [4.78, 5) is 0. The second kappa shape index (κ2) is 24.5. The molecule has 2 aromatic rings. The van der Waals surface area contributed by atoms with Crippen molar-refractivity contribution in [3.05, 3.63) is 57.6 Å². The van der Waals surface area contributed by atoms with Crippen molar-refractivity contribution in [3.8, 4) is 0 Å². The Labute approximate surface area is 522 Å². The van der Waals surface area contributed by atoms with Gasteiger partial charge in [0.05, 0.1) is 0 Å². The van der Waals surface area contributed by atoms with Crippen LogP contribution in [0.5, 0.6) is 0 Å². The van der Waals surface area contributed by atoms with Crippen molar-refractivity contribution in [2.45, 2.75) is 304 Å². The molecule has 2 unspecified atom stereocenters. The normalized spacial score (nSPS) is 16.4. The van der Waals surface area contributed by atoms with Gasteiger partial charge in [-0.2, -0.15) is 0 Å². The molecule has 0 fully saturated rings. The molecule has 0 aliphatic heterocycles. The van der Waals surface area contributed by atoms with Gasteiger partial charge in [0.15, 0.2) is 0 Å². The van der Waals surface area contributed by atoms with Crippen molar-refractivity contribution in [1.29, 1.82) is 0 Å². The molecule has 2 aromatic carbocycles. The molecule has 0 amide bonds. The third kappa shape index (κ3) is 16.1.